The molecule has 0 aromatic rings. The Bertz CT molecular complexity index is 939. The maximum Gasteiger partial charge on any atom is 0.472 e. The van der Waals surface area contributed by atoms with Crippen LogP contribution in [0.25, 0.3) is 0 Å². The van der Waals surface area contributed by atoms with E-state index in [4.69, 9.17) is 24.3 Å². The molecular weight excluding hydrogens is 665 g/mol. The summed E-state index contributed by atoms with van der Waals surface area (Å²) < 4.78 is 32.7. The lowest BCUT2D eigenvalue weighted by Gasteiger charge is -2.19. The highest BCUT2D eigenvalue weighted by molar-refractivity contribution is 7.47. The average molecular weight is 742 g/mol. The van der Waals surface area contributed by atoms with Crippen LogP contribution < -0.4 is 5.73 Å². The number of hydrogen-bond acceptors (Lipinski definition) is 8. The van der Waals surface area contributed by atoms with Crippen molar-refractivity contribution in [3.8, 4) is 0 Å². The molecule has 0 aromatic heterocycles. The van der Waals surface area contributed by atoms with Gasteiger partial charge in [-0.15, -0.1) is 0 Å². The van der Waals surface area contributed by atoms with E-state index in [9.17, 15) is 19.0 Å². The van der Waals surface area contributed by atoms with Crippen molar-refractivity contribution in [2.24, 2.45) is 5.73 Å². The minimum Gasteiger partial charge on any atom is -0.462 e. The molecule has 0 aliphatic carbocycles. The Hall–Kier alpha value is -1.77. The van der Waals surface area contributed by atoms with Crippen LogP contribution in [0.5, 0.6) is 0 Å². The van der Waals surface area contributed by atoms with Crippen LogP contribution in [-0.2, 0) is 32.7 Å². The highest BCUT2D eigenvalue weighted by atomic mass is 31.2. The van der Waals surface area contributed by atoms with E-state index >= 15 is 0 Å². The highest BCUT2D eigenvalue weighted by Gasteiger charge is 2.26. The van der Waals surface area contributed by atoms with Gasteiger partial charge in [0.15, 0.2) is 6.10 Å². The summed E-state index contributed by atoms with van der Waals surface area (Å²) in [6, 6.07) is 0. The Morgan fingerprint density at radius 2 is 1.04 bits per heavy atom. The van der Waals surface area contributed by atoms with Crippen molar-refractivity contribution in [3.63, 3.8) is 0 Å². The third kappa shape index (κ3) is 37.8. The van der Waals surface area contributed by atoms with Crippen molar-refractivity contribution < 1.29 is 37.6 Å². The van der Waals surface area contributed by atoms with Crippen LogP contribution >= 0.6 is 7.82 Å². The molecule has 0 aromatic carbocycles. The summed E-state index contributed by atoms with van der Waals surface area (Å²) in [6.45, 7) is 3.65. The van der Waals surface area contributed by atoms with Crippen molar-refractivity contribution in [2.75, 3.05) is 26.4 Å². The van der Waals surface area contributed by atoms with Gasteiger partial charge in [-0.25, -0.2) is 4.57 Å². The first-order valence-corrected chi connectivity index (χ1v) is 22.0. The molecular formula is C41H76NO8P. The van der Waals surface area contributed by atoms with Crippen molar-refractivity contribution in [1.29, 1.82) is 0 Å². The van der Waals surface area contributed by atoms with Gasteiger partial charge in [0.2, 0.25) is 0 Å². The van der Waals surface area contributed by atoms with Gasteiger partial charge in [-0.05, 0) is 64.2 Å². The summed E-state index contributed by atoms with van der Waals surface area (Å²) >= 11 is 0. The molecule has 0 saturated carbocycles. The number of hydrogen-bond donors (Lipinski definition) is 2. The minimum atomic E-state index is -4.37. The predicted octanol–water partition coefficient (Wildman–Crippen LogP) is 11.4. The summed E-state index contributed by atoms with van der Waals surface area (Å²) in [5.41, 5.74) is 5.33. The lowest BCUT2D eigenvalue weighted by molar-refractivity contribution is -0.161. The van der Waals surface area contributed by atoms with E-state index in [1.54, 1.807) is 0 Å². The van der Waals surface area contributed by atoms with Gasteiger partial charge in [0.05, 0.1) is 13.2 Å². The molecule has 298 valence electrons. The van der Waals surface area contributed by atoms with Gasteiger partial charge in [0, 0.05) is 19.4 Å². The van der Waals surface area contributed by atoms with E-state index in [1.165, 1.54) is 83.5 Å². The number of rotatable bonds is 38. The Labute approximate surface area is 312 Å². The van der Waals surface area contributed by atoms with Crippen molar-refractivity contribution in [1.82, 2.24) is 0 Å². The maximum atomic E-state index is 12.5. The molecule has 0 bridgehead atoms. The molecule has 0 rings (SSSR count). The number of carbonyl (C=O) groups is 2. The Kier molecular flexibility index (Phi) is 36.7. The minimum absolute atomic E-state index is 0.0511. The zero-order valence-electron chi connectivity index (χ0n) is 32.6. The summed E-state index contributed by atoms with van der Waals surface area (Å²) in [7, 11) is -4.37. The first kappa shape index (κ1) is 49.2. The first-order chi connectivity index (χ1) is 24.8. The van der Waals surface area contributed by atoms with E-state index in [1.807, 2.05) is 0 Å². The fourth-order valence-electron chi connectivity index (χ4n) is 5.41. The number of phosphoric acid groups is 1. The molecule has 0 spiro atoms. The van der Waals surface area contributed by atoms with E-state index in [-0.39, 0.29) is 38.6 Å². The molecule has 10 heteroatoms. The zero-order chi connectivity index (χ0) is 37.5. The number of unbranched alkanes of at least 4 members (excludes halogenated alkanes) is 19. The first-order valence-electron chi connectivity index (χ1n) is 20.5. The molecule has 0 radical (unpaired) electrons. The molecule has 9 nitrogen and oxygen atoms in total. The summed E-state index contributed by atoms with van der Waals surface area (Å²) in [4.78, 5) is 34.7. The zero-order valence-corrected chi connectivity index (χ0v) is 33.5. The fraction of sp³-hybridized carbons (Fsp3) is 0.805. The SMILES string of the molecule is CCCCC=CCCCCCCCC(=O)O[C@H](COC(=O)CCCCCCCCCCCC=CCC=CCCCCC)COP(=O)(O)OCCN. The van der Waals surface area contributed by atoms with Gasteiger partial charge in [-0.1, -0.05) is 140 Å². The van der Waals surface area contributed by atoms with Gasteiger partial charge >= 0.3 is 19.8 Å². The van der Waals surface area contributed by atoms with Crippen molar-refractivity contribution in [2.45, 2.75) is 187 Å². The molecule has 3 N–H and O–H groups in total. The Morgan fingerprint density at radius 1 is 0.588 bits per heavy atom. The molecule has 51 heavy (non-hydrogen) atoms. The molecule has 0 amide bonds. The second-order valence-corrected chi connectivity index (χ2v) is 14.9. The maximum absolute atomic E-state index is 12.5. The predicted molar refractivity (Wildman–Crippen MR) is 210 cm³/mol. The third-order valence-corrected chi connectivity index (χ3v) is 9.48. The second kappa shape index (κ2) is 38.0. The Balaban J connectivity index is 4.13. The summed E-state index contributed by atoms with van der Waals surface area (Å²) in [6.07, 6.45) is 40.3. The highest BCUT2D eigenvalue weighted by Crippen LogP contribution is 2.43. The molecule has 0 fully saturated rings. The van der Waals surface area contributed by atoms with Gasteiger partial charge in [-0.2, -0.15) is 0 Å². The fourth-order valence-corrected chi connectivity index (χ4v) is 6.17. The van der Waals surface area contributed by atoms with E-state index < -0.39 is 26.5 Å². The van der Waals surface area contributed by atoms with Gasteiger partial charge in [-0.3, -0.25) is 18.6 Å². The lowest BCUT2D eigenvalue weighted by atomic mass is 10.1. The standard InChI is InChI=1S/C41H76NO8P/c1-3-5-7-9-11-13-15-16-17-18-19-20-21-22-24-25-27-29-31-33-40(43)47-37-39(38-49-51(45,46)48-36-35-42)50-41(44)34-32-30-28-26-23-14-12-10-8-6-4-2/h10-13,16-17,39H,3-9,14-15,18-38,42H2,1-2H3,(H,45,46)/t39-/m1/s1. The molecule has 0 saturated heterocycles. The molecule has 2 atom stereocenters. The van der Waals surface area contributed by atoms with E-state index in [0.717, 1.165) is 64.2 Å². The van der Waals surface area contributed by atoms with Crippen LogP contribution in [-0.4, -0.2) is 49.3 Å². The van der Waals surface area contributed by atoms with Crippen LogP contribution in [0, 0.1) is 0 Å². The number of ether oxygens (including phenoxy) is 2. The number of phosphoric ester groups is 1. The van der Waals surface area contributed by atoms with Crippen LogP contribution in [0.3, 0.4) is 0 Å². The van der Waals surface area contributed by atoms with Crippen LogP contribution in [0.15, 0.2) is 36.5 Å². The largest absolute Gasteiger partial charge is 0.472 e. The van der Waals surface area contributed by atoms with Crippen molar-refractivity contribution >= 4 is 19.8 Å². The molecule has 0 heterocycles. The lowest BCUT2D eigenvalue weighted by Crippen LogP contribution is -2.29. The number of carbonyl (C=O) groups excluding carboxylic acids is 2. The van der Waals surface area contributed by atoms with Crippen LogP contribution in [0.2, 0.25) is 0 Å². The summed E-state index contributed by atoms with van der Waals surface area (Å²) in [5.74, 6) is -0.845. The van der Waals surface area contributed by atoms with E-state index in [0.29, 0.717) is 6.42 Å². The number of nitrogens with two attached hydrogens (primary N) is 1. The molecule has 1 unspecified atom stereocenters. The molecule has 0 aliphatic heterocycles. The monoisotopic (exact) mass is 742 g/mol. The van der Waals surface area contributed by atoms with Crippen molar-refractivity contribution in [3.05, 3.63) is 36.5 Å². The topological polar surface area (TPSA) is 134 Å². The quantitative estimate of drug-likeness (QED) is 0.0274. The number of allylic oxidation sites excluding steroid dienone is 6. The average Bonchev–Trinajstić information content (AvgIpc) is 3.11. The number of esters is 2. The van der Waals surface area contributed by atoms with Gasteiger partial charge in [0.1, 0.15) is 6.61 Å². The van der Waals surface area contributed by atoms with Gasteiger partial charge in [0.25, 0.3) is 0 Å². The Morgan fingerprint density at radius 3 is 1.57 bits per heavy atom. The van der Waals surface area contributed by atoms with Gasteiger partial charge < -0.3 is 20.1 Å². The second-order valence-electron chi connectivity index (χ2n) is 13.5. The summed E-state index contributed by atoms with van der Waals surface area (Å²) in [5, 5.41) is 0. The van der Waals surface area contributed by atoms with Crippen LogP contribution in [0.4, 0.5) is 0 Å². The molecule has 0 aliphatic rings. The smallest absolute Gasteiger partial charge is 0.462 e. The third-order valence-electron chi connectivity index (χ3n) is 8.50. The van der Waals surface area contributed by atoms with Crippen LogP contribution in [0.1, 0.15) is 181 Å². The van der Waals surface area contributed by atoms with E-state index in [2.05, 4.69) is 50.3 Å². The normalized spacial score (nSPS) is 13.7.